The van der Waals surface area contributed by atoms with Crippen molar-refractivity contribution in [2.45, 2.75) is 32.6 Å². The highest BCUT2D eigenvalue weighted by Gasteiger charge is 2.14. The number of nitrogens with one attached hydrogen (secondary N) is 1. The van der Waals surface area contributed by atoms with Gasteiger partial charge in [-0.05, 0) is 19.8 Å². The zero-order chi connectivity index (χ0) is 12.5. The largest absolute Gasteiger partial charge is 0.341 e. The van der Waals surface area contributed by atoms with E-state index >= 15 is 0 Å². The second kappa shape index (κ2) is 4.44. The lowest BCUT2D eigenvalue weighted by molar-refractivity contribution is 0.726. The zero-order valence-electron chi connectivity index (χ0n) is 10.5. The van der Waals surface area contributed by atoms with Crippen LogP contribution in [0.4, 0.5) is 5.95 Å². The molecule has 6 heteroatoms. The first-order chi connectivity index (χ1) is 8.74. The molecule has 1 saturated heterocycles. The molecular weight excluding hydrogens is 230 g/mol. The van der Waals surface area contributed by atoms with Crippen molar-refractivity contribution in [3.8, 4) is 0 Å². The van der Waals surface area contributed by atoms with Crippen LogP contribution in [0.5, 0.6) is 0 Å². The van der Waals surface area contributed by atoms with Crippen LogP contribution in [0.3, 0.4) is 0 Å². The summed E-state index contributed by atoms with van der Waals surface area (Å²) < 4.78 is 1.41. The van der Waals surface area contributed by atoms with Gasteiger partial charge in [-0.25, -0.2) is 4.98 Å². The van der Waals surface area contributed by atoms with Crippen molar-refractivity contribution in [2.24, 2.45) is 0 Å². The van der Waals surface area contributed by atoms with Gasteiger partial charge >= 0.3 is 0 Å². The van der Waals surface area contributed by atoms with Gasteiger partial charge in [0, 0.05) is 24.8 Å². The first-order valence-corrected chi connectivity index (χ1v) is 6.45. The minimum absolute atomic E-state index is 0.105. The summed E-state index contributed by atoms with van der Waals surface area (Å²) in [6.07, 6.45) is 4.90. The first kappa shape index (κ1) is 11.3. The van der Waals surface area contributed by atoms with Crippen LogP contribution in [-0.4, -0.2) is 32.7 Å². The van der Waals surface area contributed by atoms with Crippen molar-refractivity contribution in [3.05, 3.63) is 22.1 Å². The Morgan fingerprint density at radius 1 is 1.17 bits per heavy atom. The SMILES string of the molecule is Cc1cc(=O)n2[nH]c(N3CCCCCC3)nc2n1. The van der Waals surface area contributed by atoms with Crippen molar-refractivity contribution >= 4 is 11.7 Å². The highest BCUT2D eigenvalue weighted by molar-refractivity contribution is 5.39. The lowest BCUT2D eigenvalue weighted by Crippen LogP contribution is -2.25. The summed E-state index contributed by atoms with van der Waals surface area (Å²) in [6.45, 7) is 3.79. The predicted molar refractivity (Wildman–Crippen MR) is 69.0 cm³/mol. The molecule has 96 valence electrons. The number of nitrogens with zero attached hydrogens (tertiary/aromatic N) is 4. The second-order valence-corrected chi connectivity index (χ2v) is 4.82. The lowest BCUT2D eigenvalue weighted by atomic mass is 10.2. The third kappa shape index (κ3) is 1.98. The van der Waals surface area contributed by atoms with E-state index in [4.69, 9.17) is 0 Å². The molecule has 3 heterocycles. The maximum Gasteiger partial charge on any atom is 0.274 e. The molecule has 0 amide bonds. The number of rotatable bonds is 1. The fourth-order valence-corrected chi connectivity index (χ4v) is 2.41. The highest BCUT2D eigenvalue weighted by Crippen LogP contribution is 2.15. The van der Waals surface area contributed by atoms with Crippen molar-refractivity contribution in [1.82, 2.24) is 19.6 Å². The molecule has 0 bridgehead atoms. The standard InChI is InChI=1S/C12H17N5O/c1-9-8-10(18)17-11(13-9)14-12(15-17)16-6-4-2-3-5-7-16/h8H,2-7H2,1H3,(H,13,14,15). The Hall–Kier alpha value is -1.85. The molecule has 0 atom stereocenters. The molecule has 18 heavy (non-hydrogen) atoms. The summed E-state index contributed by atoms with van der Waals surface area (Å²) >= 11 is 0. The fourth-order valence-electron chi connectivity index (χ4n) is 2.41. The molecule has 2 aromatic rings. The number of aromatic nitrogens is 4. The molecular formula is C12H17N5O. The number of aromatic amines is 1. The monoisotopic (exact) mass is 247 g/mol. The molecule has 6 nitrogen and oxygen atoms in total. The number of fused-ring (bicyclic) bond motifs is 1. The van der Waals surface area contributed by atoms with Crippen LogP contribution in [0.1, 0.15) is 31.4 Å². The summed E-state index contributed by atoms with van der Waals surface area (Å²) in [6, 6.07) is 1.51. The Morgan fingerprint density at radius 2 is 1.89 bits per heavy atom. The van der Waals surface area contributed by atoms with E-state index in [0.29, 0.717) is 11.5 Å². The van der Waals surface area contributed by atoms with Gasteiger partial charge in [-0.3, -0.25) is 9.89 Å². The van der Waals surface area contributed by atoms with Crippen LogP contribution in [0.2, 0.25) is 0 Å². The van der Waals surface area contributed by atoms with Gasteiger partial charge in [-0.1, -0.05) is 12.8 Å². The molecule has 0 aliphatic carbocycles. The van der Waals surface area contributed by atoms with E-state index in [1.807, 2.05) is 6.92 Å². The van der Waals surface area contributed by atoms with E-state index in [0.717, 1.165) is 19.0 Å². The van der Waals surface area contributed by atoms with Crippen LogP contribution in [0, 0.1) is 6.92 Å². The third-order valence-electron chi connectivity index (χ3n) is 3.35. The number of hydrogen-bond donors (Lipinski definition) is 1. The zero-order valence-corrected chi connectivity index (χ0v) is 10.5. The molecule has 2 aromatic heterocycles. The van der Waals surface area contributed by atoms with E-state index < -0.39 is 0 Å². The quantitative estimate of drug-likeness (QED) is 0.819. The maximum atomic E-state index is 11.8. The van der Waals surface area contributed by atoms with Crippen LogP contribution >= 0.6 is 0 Å². The van der Waals surface area contributed by atoms with E-state index in [1.165, 1.54) is 36.3 Å². The highest BCUT2D eigenvalue weighted by atomic mass is 16.1. The van der Waals surface area contributed by atoms with Crippen LogP contribution < -0.4 is 10.5 Å². The van der Waals surface area contributed by atoms with Crippen molar-refractivity contribution in [3.63, 3.8) is 0 Å². The lowest BCUT2D eigenvalue weighted by Gasteiger charge is -2.17. The van der Waals surface area contributed by atoms with E-state index in [-0.39, 0.29) is 5.56 Å². The Labute approximate surface area is 105 Å². The number of hydrogen-bond acceptors (Lipinski definition) is 4. The Balaban J connectivity index is 2.02. The average Bonchev–Trinajstić information content (AvgIpc) is 2.59. The second-order valence-electron chi connectivity index (χ2n) is 4.82. The van der Waals surface area contributed by atoms with Crippen molar-refractivity contribution in [1.29, 1.82) is 0 Å². The van der Waals surface area contributed by atoms with Crippen LogP contribution in [0.25, 0.3) is 5.78 Å². The van der Waals surface area contributed by atoms with Gasteiger partial charge in [-0.2, -0.15) is 9.50 Å². The Bertz CT molecular complexity index is 606. The summed E-state index contributed by atoms with van der Waals surface area (Å²) in [5, 5.41) is 3.05. The normalized spacial score (nSPS) is 17.1. The van der Waals surface area contributed by atoms with Gasteiger partial charge in [0.15, 0.2) is 0 Å². The van der Waals surface area contributed by atoms with E-state index in [1.54, 1.807) is 0 Å². The van der Waals surface area contributed by atoms with Gasteiger partial charge in [0.2, 0.25) is 5.95 Å². The Kier molecular flexibility index (Phi) is 2.77. The Morgan fingerprint density at radius 3 is 2.61 bits per heavy atom. The van der Waals surface area contributed by atoms with Gasteiger partial charge < -0.3 is 4.90 Å². The maximum absolute atomic E-state index is 11.8. The molecule has 0 aromatic carbocycles. The van der Waals surface area contributed by atoms with Gasteiger partial charge in [0.25, 0.3) is 11.3 Å². The molecule has 1 fully saturated rings. The van der Waals surface area contributed by atoms with Crippen LogP contribution in [-0.2, 0) is 0 Å². The number of anilines is 1. The molecule has 1 aliphatic rings. The molecule has 1 aliphatic heterocycles. The molecule has 1 N–H and O–H groups in total. The van der Waals surface area contributed by atoms with Crippen molar-refractivity contribution < 1.29 is 0 Å². The smallest absolute Gasteiger partial charge is 0.274 e. The van der Waals surface area contributed by atoms with E-state index in [9.17, 15) is 4.79 Å². The molecule has 0 radical (unpaired) electrons. The summed E-state index contributed by atoms with van der Waals surface area (Å²) in [5.74, 6) is 1.21. The predicted octanol–water partition coefficient (Wildman–Crippen LogP) is 1.11. The summed E-state index contributed by atoms with van der Waals surface area (Å²) in [7, 11) is 0. The fraction of sp³-hybridized carbons (Fsp3) is 0.583. The first-order valence-electron chi connectivity index (χ1n) is 6.45. The van der Waals surface area contributed by atoms with Crippen molar-refractivity contribution in [2.75, 3.05) is 18.0 Å². The molecule has 3 rings (SSSR count). The number of H-pyrrole nitrogens is 1. The number of aryl methyl sites for hydroxylation is 1. The minimum atomic E-state index is -0.105. The molecule has 0 spiro atoms. The molecule has 0 unspecified atom stereocenters. The summed E-state index contributed by atoms with van der Waals surface area (Å²) in [4.78, 5) is 22.7. The van der Waals surface area contributed by atoms with Gasteiger partial charge in [0.05, 0.1) is 0 Å². The summed E-state index contributed by atoms with van der Waals surface area (Å²) in [5.41, 5.74) is 0.597. The van der Waals surface area contributed by atoms with E-state index in [2.05, 4.69) is 20.0 Å². The third-order valence-corrected chi connectivity index (χ3v) is 3.35. The van der Waals surface area contributed by atoms with Gasteiger partial charge in [0.1, 0.15) is 0 Å². The average molecular weight is 247 g/mol. The van der Waals surface area contributed by atoms with Gasteiger partial charge in [-0.15, -0.1) is 0 Å². The topological polar surface area (TPSA) is 66.3 Å². The minimum Gasteiger partial charge on any atom is -0.341 e. The molecule has 0 saturated carbocycles. The van der Waals surface area contributed by atoms with Crippen LogP contribution in [0.15, 0.2) is 10.9 Å².